The molecule has 0 spiro atoms. The first-order valence-electron chi connectivity index (χ1n) is 6.58. The zero-order valence-electron chi connectivity index (χ0n) is 12.2. The molecular weight excluding hydrogens is 260 g/mol. The lowest BCUT2D eigenvalue weighted by Crippen LogP contribution is -2.36. The summed E-state index contributed by atoms with van der Waals surface area (Å²) in [4.78, 5) is 22.5. The first-order valence-corrected chi connectivity index (χ1v) is 6.58. The number of rotatable bonds is 6. The molecule has 0 aliphatic carbocycles. The summed E-state index contributed by atoms with van der Waals surface area (Å²) in [5.74, 6) is 0.139. The highest BCUT2D eigenvalue weighted by Crippen LogP contribution is 2.28. The summed E-state index contributed by atoms with van der Waals surface area (Å²) in [5.41, 5.74) is 0.0596. The van der Waals surface area contributed by atoms with Crippen molar-refractivity contribution in [2.24, 2.45) is 5.92 Å². The second-order valence-corrected chi connectivity index (χ2v) is 4.88. The van der Waals surface area contributed by atoms with Crippen LogP contribution in [0.15, 0.2) is 18.2 Å². The van der Waals surface area contributed by atoms with E-state index >= 15 is 0 Å². The van der Waals surface area contributed by atoms with Crippen molar-refractivity contribution in [2.45, 2.75) is 33.7 Å². The number of carbonyl (C=O) groups is 1. The van der Waals surface area contributed by atoms with Crippen LogP contribution in [0.5, 0.6) is 5.75 Å². The Morgan fingerprint density at radius 1 is 1.40 bits per heavy atom. The lowest BCUT2D eigenvalue weighted by Gasteiger charge is -2.17. The van der Waals surface area contributed by atoms with Crippen LogP contribution in [0, 0.1) is 16.0 Å². The van der Waals surface area contributed by atoms with Crippen LogP contribution in [0.2, 0.25) is 0 Å². The molecule has 1 aromatic carbocycles. The Kier molecular flexibility index (Phi) is 5.49. The van der Waals surface area contributed by atoms with Gasteiger partial charge >= 0.3 is 5.69 Å². The van der Waals surface area contributed by atoms with E-state index in [1.165, 1.54) is 18.2 Å². The maximum atomic E-state index is 12.0. The van der Waals surface area contributed by atoms with Crippen LogP contribution in [0.3, 0.4) is 0 Å². The number of benzene rings is 1. The van der Waals surface area contributed by atoms with Crippen molar-refractivity contribution in [1.82, 2.24) is 5.32 Å². The molecule has 1 amide bonds. The van der Waals surface area contributed by atoms with Crippen LogP contribution in [0.25, 0.3) is 0 Å². The fourth-order valence-electron chi connectivity index (χ4n) is 1.54. The van der Waals surface area contributed by atoms with E-state index in [0.29, 0.717) is 6.61 Å². The minimum absolute atomic E-state index is 0.00637. The van der Waals surface area contributed by atoms with Gasteiger partial charge in [0.25, 0.3) is 5.91 Å². The number of hydrogen-bond acceptors (Lipinski definition) is 4. The smallest absolute Gasteiger partial charge is 0.311 e. The third kappa shape index (κ3) is 3.94. The largest absolute Gasteiger partial charge is 0.487 e. The predicted octanol–water partition coefficient (Wildman–Crippen LogP) is 2.77. The molecule has 0 bridgehead atoms. The average Bonchev–Trinajstić information content (AvgIpc) is 2.38. The summed E-state index contributed by atoms with van der Waals surface area (Å²) < 4.78 is 5.18. The number of amides is 1. The second kappa shape index (κ2) is 6.88. The van der Waals surface area contributed by atoms with Crippen molar-refractivity contribution in [3.05, 3.63) is 33.9 Å². The van der Waals surface area contributed by atoms with Gasteiger partial charge < -0.3 is 10.1 Å². The summed E-state index contributed by atoms with van der Waals surface area (Å²) in [6.07, 6.45) is 0. The summed E-state index contributed by atoms with van der Waals surface area (Å²) in [6, 6.07) is 4.22. The molecule has 1 unspecified atom stereocenters. The first-order chi connectivity index (χ1) is 9.36. The van der Waals surface area contributed by atoms with Gasteiger partial charge in [0.05, 0.1) is 11.5 Å². The number of nitro groups is 1. The van der Waals surface area contributed by atoms with Crippen LogP contribution >= 0.6 is 0 Å². The maximum absolute atomic E-state index is 12.0. The van der Waals surface area contributed by atoms with Crippen molar-refractivity contribution in [1.29, 1.82) is 0 Å². The fraction of sp³-hybridized carbons (Fsp3) is 0.500. The average molecular weight is 280 g/mol. The number of nitrogens with zero attached hydrogens (tertiary/aromatic N) is 1. The normalized spacial score (nSPS) is 12.1. The highest BCUT2D eigenvalue weighted by molar-refractivity contribution is 5.95. The zero-order chi connectivity index (χ0) is 15.3. The molecule has 0 aromatic heterocycles. The summed E-state index contributed by atoms with van der Waals surface area (Å²) in [7, 11) is 0. The van der Waals surface area contributed by atoms with Crippen molar-refractivity contribution >= 4 is 11.6 Å². The molecule has 0 heterocycles. The number of carbonyl (C=O) groups excluding carboxylic acids is 1. The molecule has 1 N–H and O–H groups in total. The molecule has 110 valence electrons. The third-order valence-electron chi connectivity index (χ3n) is 3.08. The van der Waals surface area contributed by atoms with Crippen molar-refractivity contribution < 1.29 is 14.5 Å². The predicted molar refractivity (Wildman–Crippen MR) is 76.0 cm³/mol. The lowest BCUT2D eigenvalue weighted by molar-refractivity contribution is -0.385. The van der Waals surface area contributed by atoms with Crippen molar-refractivity contribution in [3.8, 4) is 5.75 Å². The molecule has 0 saturated carbocycles. The van der Waals surface area contributed by atoms with E-state index in [4.69, 9.17) is 4.74 Å². The van der Waals surface area contributed by atoms with Gasteiger partial charge in [-0.3, -0.25) is 14.9 Å². The molecule has 6 nitrogen and oxygen atoms in total. The van der Waals surface area contributed by atoms with Gasteiger partial charge in [0.1, 0.15) is 0 Å². The lowest BCUT2D eigenvalue weighted by atomic mass is 10.1. The topological polar surface area (TPSA) is 81.5 Å². The van der Waals surface area contributed by atoms with E-state index in [2.05, 4.69) is 5.32 Å². The van der Waals surface area contributed by atoms with Crippen LogP contribution in [-0.4, -0.2) is 23.5 Å². The van der Waals surface area contributed by atoms with E-state index in [1.807, 2.05) is 20.8 Å². The number of nitrogens with one attached hydrogen (secondary N) is 1. The molecule has 0 saturated heterocycles. The Bertz CT molecular complexity index is 500. The van der Waals surface area contributed by atoms with Crippen molar-refractivity contribution in [3.63, 3.8) is 0 Å². The molecule has 0 aliphatic heterocycles. The SMILES string of the molecule is CCOc1ccc(C(=O)NC(C)C(C)C)cc1[N+](=O)[O-]. The highest BCUT2D eigenvalue weighted by atomic mass is 16.6. The van der Waals surface area contributed by atoms with E-state index in [0.717, 1.165) is 0 Å². The van der Waals surface area contributed by atoms with Gasteiger partial charge in [0.15, 0.2) is 5.75 Å². The van der Waals surface area contributed by atoms with E-state index in [-0.39, 0.29) is 34.9 Å². The molecule has 0 radical (unpaired) electrons. The highest BCUT2D eigenvalue weighted by Gasteiger charge is 2.19. The van der Waals surface area contributed by atoms with Crippen LogP contribution in [-0.2, 0) is 0 Å². The molecular formula is C14H20N2O4. The molecule has 1 aromatic rings. The van der Waals surface area contributed by atoms with E-state index in [1.54, 1.807) is 6.92 Å². The Hall–Kier alpha value is -2.11. The molecule has 0 aliphatic rings. The Balaban J connectivity index is 2.99. The third-order valence-corrected chi connectivity index (χ3v) is 3.08. The quantitative estimate of drug-likeness (QED) is 0.641. The summed E-state index contributed by atoms with van der Waals surface area (Å²) in [5, 5.41) is 13.8. The molecule has 6 heteroatoms. The van der Waals surface area contributed by atoms with Crippen molar-refractivity contribution in [2.75, 3.05) is 6.61 Å². The Labute approximate surface area is 118 Å². The first kappa shape index (κ1) is 15.9. The molecule has 1 rings (SSSR count). The van der Waals surface area contributed by atoms with Gasteiger partial charge in [0.2, 0.25) is 0 Å². The van der Waals surface area contributed by atoms with Gasteiger partial charge in [0, 0.05) is 17.7 Å². The van der Waals surface area contributed by atoms with Gasteiger partial charge in [-0.05, 0) is 31.9 Å². The van der Waals surface area contributed by atoms with E-state index < -0.39 is 4.92 Å². The van der Waals surface area contributed by atoms with Crippen LogP contribution < -0.4 is 10.1 Å². The van der Waals surface area contributed by atoms with Gasteiger partial charge in [-0.2, -0.15) is 0 Å². The molecule has 20 heavy (non-hydrogen) atoms. The van der Waals surface area contributed by atoms with Crippen LogP contribution in [0.1, 0.15) is 38.1 Å². The standard InChI is InChI=1S/C14H20N2O4/c1-5-20-13-7-6-11(8-12(13)16(18)19)14(17)15-10(4)9(2)3/h6-10H,5H2,1-4H3,(H,15,17). The Morgan fingerprint density at radius 2 is 2.05 bits per heavy atom. The second-order valence-electron chi connectivity index (χ2n) is 4.88. The fourth-order valence-corrected chi connectivity index (χ4v) is 1.54. The summed E-state index contributed by atoms with van der Waals surface area (Å²) >= 11 is 0. The minimum atomic E-state index is -0.548. The minimum Gasteiger partial charge on any atom is -0.487 e. The summed E-state index contributed by atoms with van der Waals surface area (Å²) in [6.45, 7) is 7.95. The molecule has 1 atom stereocenters. The Morgan fingerprint density at radius 3 is 2.55 bits per heavy atom. The van der Waals surface area contributed by atoms with Crippen LogP contribution in [0.4, 0.5) is 5.69 Å². The van der Waals surface area contributed by atoms with Gasteiger partial charge in [-0.1, -0.05) is 13.8 Å². The maximum Gasteiger partial charge on any atom is 0.311 e. The van der Waals surface area contributed by atoms with Gasteiger partial charge in [-0.25, -0.2) is 0 Å². The molecule has 0 fully saturated rings. The van der Waals surface area contributed by atoms with E-state index in [9.17, 15) is 14.9 Å². The number of nitro benzene ring substituents is 1. The zero-order valence-corrected chi connectivity index (χ0v) is 12.2. The number of ether oxygens (including phenoxy) is 1. The van der Waals surface area contributed by atoms with Gasteiger partial charge in [-0.15, -0.1) is 0 Å². The monoisotopic (exact) mass is 280 g/mol. The number of hydrogen-bond donors (Lipinski definition) is 1.